The van der Waals surface area contributed by atoms with E-state index in [1.54, 1.807) is 7.05 Å². The van der Waals surface area contributed by atoms with Crippen molar-refractivity contribution in [3.63, 3.8) is 0 Å². The molecule has 1 fully saturated rings. The first-order valence-electron chi connectivity index (χ1n) is 6.78. The summed E-state index contributed by atoms with van der Waals surface area (Å²) in [5, 5.41) is 8.75. The number of amides is 2. The molecular weight excluding hydrogens is 240 g/mol. The maximum Gasteiger partial charge on any atom is 0.318 e. The smallest absolute Gasteiger partial charge is 0.318 e. The van der Waals surface area contributed by atoms with Gasteiger partial charge in [-0.1, -0.05) is 0 Å². The number of anilines is 2. The van der Waals surface area contributed by atoms with Crippen LogP contribution in [-0.2, 0) is 0 Å². The highest BCUT2D eigenvalue weighted by Gasteiger charge is 2.18. The van der Waals surface area contributed by atoms with Crippen molar-refractivity contribution in [1.82, 2.24) is 5.32 Å². The van der Waals surface area contributed by atoms with Gasteiger partial charge in [0.1, 0.15) is 0 Å². The molecule has 2 rings (SSSR count). The van der Waals surface area contributed by atoms with Crippen LogP contribution in [0.1, 0.15) is 25.7 Å². The predicted molar refractivity (Wildman–Crippen MR) is 78.4 cm³/mol. The molecule has 0 bridgehead atoms. The second-order valence-corrected chi connectivity index (χ2v) is 5.05. The number of nitrogens with two attached hydrogens (primary N) is 1. The summed E-state index contributed by atoms with van der Waals surface area (Å²) in [6.45, 7) is 0. The number of carbonyl (C=O) groups is 1. The molecule has 1 saturated carbocycles. The van der Waals surface area contributed by atoms with Crippen LogP contribution in [0.5, 0.6) is 0 Å². The minimum absolute atomic E-state index is 0.209. The average molecular weight is 262 g/mol. The van der Waals surface area contributed by atoms with Crippen molar-refractivity contribution in [3.05, 3.63) is 24.3 Å². The van der Waals surface area contributed by atoms with Gasteiger partial charge in [-0.2, -0.15) is 0 Å². The zero-order valence-corrected chi connectivity index (χ0v) is 11.3. The van der Waals surface area contributed by atoms with Gasteiger partial charge in [0.25, 0.3) is 0 Å². The van der Waals surface area contributed by atoms with Crippen molar-refractivity contribution < 1.29 is 4.79 Å². The summed E-state index contributed by atoms with van der Waals surface area (Å²) in [6.07, 6.45) is 4.52. The van der Waals surface area contributed by atoms with E-state index in [9.17, 15) is 4.79 Å². The molecule has 2 unspecified atom stereocenters. The standard InChI is InChI=1S/C14H22N4O/c1-16-14(19)18-12-7-5-11(6-8-12)17-13-4-2-3-10(15)9-13/h5-8,10,13,17H,2-4,9,15H2,1H3,(H2,16,18,19). The van der Waals surface area contributed by atoms with Crippen molar-refractivity contribution in [2.75, 3.05) is 17.7 Å². The van der Waals surface area contributed by atoms with E-state index in [0.29, 0.717) is 12.1 Å². The van der Waals surface area contributed by atoms with E-state index in [0.717, 1.165) is 24.2 Å². The lowest BCUT2D eigenvalue weighted by atomic mass is 9.91. The van der Waals surface area contributed by atoms with E-state index in [2.05, 4.69) is 16.0 Å². The van der Waals surface area contributed by atoms with Gasteiger partial charge in [-0.15, -0.1) is 0 Å². The number of nitrogens with one attached hydrogen (secondary N) is 3. The number of benzene rings is 1. The van der Waals surface area contributed by atoms with E-state index in [-0.39, 0.29) is 6.03 Å². The Bertz CT molecular complexity index is 418. The Balaban J connectivity index is 1.89. The molecule has 0 aromatic heterocycles. The number of urea groups is 1. The van der Waals surface area contributed by atoms with E-state index >= 15 is 0 Å². The lowest BCUT2D eigenvalue weighted by Gasteiger charge is -2.28. The van der Waals surface area contributed by atoms with E-state index in [4.69, 9.17) is 5.73 Å². The molecule has 2 atom stereocenters. The second-order valence-electron chi connectivity index (χ2n) is 5.05. The highest BCUT2D eigenvalue weighted by Crippen LogP contribution is 2.22. The fourth-order valence-corrected chi connectivity index (χ4v) is 2.44. The number of hydrogen-bond acceptors (Lipinski definition) is 3. The van der Waals surface area contributed by atoms with Crippen LogP contribution in [0.2, 0.25) is 0 Å². The molecule has 0 spiro atoms. The lowest BCUT2D eigenvalue weighted by Crippen LogP contribution is -2.34. The molecule has 1 aliphatic carbocycles. The second kappa shape index (κ2) is 6.43. The van der Waals surface area contributed by atoms with Crippen LogP contribution >= 0.6 is 0 Å². The molecule has 5 heteroatoms. The summed E-state index contributed by atoms with van der Waals surface area (Å²) in [6, 6.07) is 8.30. The van der Waals surface area contributed by atoms with Crippen molar-refractivity contribution in [1.29, 1.82) is 0 Å². The van der Waals surface area contributed by atoms with Crippen LogP contribution < -0.4 is 21.7 Å². The fourth-order valence-electron chi connectivity index (χ4n) is 2.44. The molecule has 0 aliphatic heterocycles. The summed E-state index contributed by atoms with van der Waals surface area (Å²) < 4.78 is 0. The van der Waals surface area contributed by atoms with Crippen molar-refractivity contribution in [2.45, 2.75) is 37.8 Å². The van der Waals surface area contributed by atoms with Gasteiger partial charge in [0.2, 0.25) is 0 Å². The molecule has 5 nitrogen and oxygen atoms in total. The van der Waals surface area contributed by atoms with Crippen molar-refractivity contribution in [2.24, 2.45) is 5.73 Å². The highest BCUT2D eigenvalue weighted by molar-refractivity contribution is 5.89. The third kappa shape index (κ3) is 4.13. The molecule has 1 aromatic carbocycles. The van der Waals surface area contributed by atoms with Gasteiger partial charge in [-0.25, -0.2) is 4.79 Å². The van der Waals surface area contributed by atoms with Gasteiger partial charge in [0.15, 0.2) is 0 Å². The first kappa shape index (κ1) is 13.7. The molecule has 0 heterocycles. The maximum atomic E-state index is 11.2. The quantitative estimate of drug-likeness (QED) is 0.673. The summed E-state index contributed by atoms with van der Waals surface area (Å²) in [4.78, 5) is 11.2. The molecule has 2 amide bonds. The topological polar surface area (TPSA) is 79.2 Å². The Morgan fingerprint density at radius 2 is 1.89 bits per heavy atom. The number of carbonyl (C=O) groups excluding carboxylic acids is 1. The minimum atomic E-state index is -0.209. The van der Waals surface area contributed by atoms with Crippen LogP contribution in [0, 0.1) is 0 Å². The van der Waals surface area contributed by atoms with Gasteiger partial charge >= 0.3 is 6.03 Å². The Kier molecular flexibility index (Phi) is 4.63. The number of rotatable bonds is 3. The molecular formula is C14H22N4O. The van der Waals surface area contributed by atoms with Gasteiger partial charge in [-0.3, -0.25) is 0 Å². The fraction of sp³-hybridized carbons (Fsp3) is 0.500. The first-order chi connectivity index (χ1) is 9.17. The molecule has 1 aromatic rings. The van der Waals surface area contributed by atoms with E-state index in [1.807, 2.05) is 24.3 Å². The van der Waals surface area contributed by atoms with E-state index < -0.39 is 0 Å². The lowest BCUT2D eigenvalue weighted by molar-refractivity contribution is 0.254. The van der Waals surface area contributed by atoms with E-state index in [1.165, 1.54) is 12.8 Å². The first-order valence-corrected chi connectivity index (χ1v) is 6.78. The molecule has 0 radical (unpaired) electrons. The summed E-state index contributed by atoms with van der Waals surface area (Å²) in [7, 11) is 1.59. The van der Waals surface area contributed by atoms with Crippen LogP contribution in [-0.4, -0.2) is 25.2 Å². The monoisotopic (exact) mass is 262 g/mol. The summed E-state index contributed by atoms with van der Waals surface area (Å²) in [5.74, 6) is 0. The molecule has 104 valence electrons. The minimum Gasteiger partial charge on any atom is -0.382 e. The van der Waals surface area contributed by atoms with Gasteiger partial charge in [0.05, 0.1) is 0 Å². The average Bonchev–Trinajstić information content (AvgIpc) is 2.41. The van der Waals surface area contributed by atoms with Crippen LogP contribution in [0.3, 0.4) is 0 Å². The maximum absolute atomic E-state index is 11.2. The van der Waals surface area contributed by atoms with Gasteiger partial charge in [0, 0.05) is 30.5 Å². The normalized spacial score (nSPS) is 22.6. The third-order valence-electron chi connectivity index (χ3n) is 3.46. The van der Waals surface area contributed by atoms with Gasteiger partial charge in [-0.05, 0) is 49.9 Å². The largest absolute Gasteiger partial charge is 0.382 e. The van der Waals surface area contributed by atoms with Gasteiger partial charge < -0.3 is 21.7 Å². The van der Waals surface area contributed by atoms with Crippen LogP contribution in [0.25, 0.3) is 0 Å². The molecule has 5 N–H and O–H groups in total. The Hall–Kier alpha value is -1.75. The third-order valence-corrected chi connectivity index (χ3v) is 3.46. The Morgan fingerprint density at radius 1 is 1.21 bits per heavy atom. The molecule has 1 aliphatic rings. The summed E-state index contributed by atoms with van der Waals surface area (Å²) >= 11 is 0. The number of hydrogen-bond donors (Lipinski definition) is 4. The van der Waals surface area contributed by atoms with Crippen LogP contribution in [0.4, 0.5) is 16.2 Å². The van der Waals surface area contributed by atoms with Crippen molar-refractivity contribution >= 4 is 17.4 Å². The van der Waals surface area contributed by atoms with Crippen molar-refractivity contribution in [3.8, 4) is 0 Å². The van der Waals surface area contributed by atoms with Crippen LogP contribution in [0.15, 0.2) is 24.3 Å². The predicted octanol–water partition coefficient (Wildman–Crippen LogP) is 2.12. The zero-order valence-electron chi connectivity index (χ0n) is 11.3. The SMILES string of the molecule is CNC(=O)Nc1ccc(NC2CCCC(N)C2)cc1. The highest BCUT2D eigenvalue weighted by atomic mass is 16.2. The molecule has 19 heavy (non-hydrogen) atoms. The Labute approximate surface area is 113 Å². The Morgan fingerprint density at radius 3 is 2.53 bits per heavy atom. The zero-order chi connectivity index (χ0) is 13.7. The summed E-state index contributed by atoms with van der Waals surface area (Å²) in [5.41, 5.74) is 7.83. The molecule has 0 saturated heterocycles.